The van der Waals surface area contributed by atoms with E-state index in [2.05, 4.69) is 5.92 Å². The summed E-state index contributed by atoms with van der Waals surface area (Å²) in [5.41, 5.74) is 0. The lowest BCUT2D eigenvalue weighted by atomic mass is 10.0. The molecule has 0 radical (unpaired) electrons. The maximum atomic E-state index is 11.3. The second-order valence-electron chi connectivity index (χ2n) is 3.44. The van der Waals surface area contributed by atoms with Crippen molar-refractivity contribution < 1.29 is 9.53 Å². The Kier molecular flexibility index (Phi) is 4.56. The standard InChI is InChI=1S/C11H16O2/c1-2-3-6-10(12)9-11-7-4-5-8-13-11/h1,11H,3-9H2. The predicted molar refractivity (Wildman–Crippen MR) is 51.3 cm³/mol. The Morgan fingerprint density at radius 3 is 3.00 bits per heavy atom. The average molecular weight is 180 g/mol. The van der Waals surface area contributed by atoms with Crippen molar-refractivity contribution in [3.63, 3.8) is 0 Å². The molecule has 1 fully saturated rings. The summed E-state index contributed by atoms with van der Waals surface area (Å²) < 4.78 is 5.46. The zero-order chi connectivity index (χ0) is 9.52. The van der Waals surface area contributed by atoms with E-state index < -0.39 is 0 Å². The summed E-state index contributed by atoms with van der Waals surface area (Å²) in [5, 5.41) is 0. The summed E-state index contributed by atoms with van der Waals surface area (Å²) in [5.74, 6) is 2.71. The summed E-state index contributed by atoms with van der Waals surface area (Å²) >= 11 is 0. The van der Waals surface area contributed by atoms with Crippen molar-refractivity contribution in [2.75, 3.05) is 6.61 Å². The molecule has 0 amide bonds. The lowest BCUT2D eigenvalue weighted by molar-refractivity contribution is -0.122. The van der Waals surface area contributed by atoms with Gasteiger partial charge in [0.05, 0.1) is 6.10 Å². The first-order valence-corrected chi connectivity index (χ1v) is 4.89. The van der Waals surface area contributed by atoms with Gasteiger partial charge in [-0.1, -0.05) is 0 Å². The Hall–Kier alpha value is -0.810. The van der Waals surface area contributed by atoms with Crippen LogP contribution in [0.4, 0.5) is 0 Å². The zero-order valence-electron chi connectivity index (χ0n) is 7.92. The highest BCUT2D eigenvalue weighted by molar-refractivity contribution is 5.79. The average Bonchev–Trinajstić information content (AvgIpc) is 2.16. The molecule has 13 heavy (non-hydrogen) atoms. The third kappa shape index (κ3) is 4.10. The number of rotatable bonds is 4. The van der Waals surface area contributed by atoms with Gasteiger partial charge in [-0.05, 0) is 19.3 Å². The highest BCUT2D eigenvalue weighted by Gasteiger charge is 2.16. The number of terminal acetylenes is 1. The number of ether oxygens (including phenoxy) is 1. The fraction of sp³-hybridized carbons (Fsp3) is 0.727. The molecule has 1 aliphatic heterocycles. The molecule has 1 unspecified atom stereocenters. The van der Waals surface area contributed by atoms with Crippen molar-refractivity contribution in [1.82, 2.24) is 0 Å². The van der Waals surface area contributed by atoms with Crippen molar-refractivity contribution in [3.8, 4) is 12.3 Å². The van der Waals surface area contributed by atoms with Crippen LogP contribution in [-0.2, 0) is 9.53 Å². The number of carbonyl (C=O) groups is 1. The maximum absolute atomic E-state index is 11.3. The van der Waals surface area contributed by atoms with E-state index in [9.17, 15) is 4.79 Å². The van der Waals surface area contributed by atoms with Crippen molar-refractivity contribution in [2.24, 2.45) is 0 Å². The SMILES string of the molecule is C#CCCC(=O)CC1CCCCO1. The van der Waals surface area contributed by atoms with Gasteiger partial charge in [-0.2, -0.15) is 0 Å². The summed E-state index contributed by atoms with van der Waals surface area (Å²) in [6.07, 6.45) is 10.2. The van der Waals surface area contributed by atoms with E-state index in [1.54, 1.807) is 0 Å². The van der Waals surface area contributed by atoms with Crippen LogP contribution in [-0.4, -0.2) is 18.5 Å². The maximum Gasteiger partial charge on any atom is 0.136 e. The van der Waals surface area contributed by atoms with Crippen LogP contribution in [0.2, 0.25) is 0 Å². The lowest BCUT2D eigenvalue weighted by Gasteiger charge is -2.21. The molecule has 0 aliphatic carbocycles. The number of hydrogen-bond donors (Lipinski definition) is 0. The van der Waals surface area contributed by atoms with Gasteiger partial charge in [0, 0.05) is 25.9 Å². The molecule has 1 saturated heterocycles. The lowest BCUT2D eigenvalue weighted by Crippen LogP contribution is -2.22. The van der Waals surface area contributed by atoms with Gasteiger partial charge in [0.1, 0.15) is 5.78 Å². The molecular weight excluding hydrogens is 164 g/mol. The Balaban J connectivity index is 2.15. The van der Waals surface area contributed by atoms with Gasteiger partial charge < -0.3 is 4.74 Å². The molecule has 0 aromatic rings. The van der Waals surface area contributed by atoms with E-state index in [1.165, 1.54) is 6.42 Å². The van der Waals surface area contributed by atoms with E-state index in [0.29, 0.717) is 19.3 Å². The van der Waals surface area contributed by atoms with Gasteiger partial charge >= 0.3 is 0 Å². The molecule has 0 N–H and O–H groups in total. The van der Waals surface area contributed by atoms with Gasteiger partial charge in [-0.3, -0.25) is 4.79 Å². The van der Waals surface area contributed by atoms with E-state index in [4.69, 9.17) is 11.2 Å². The first kappa shape index (κ1) is 10.3. The number of carbonyl (C=O) groups excluding carboxylic acids is 1. The highest BCUT2D eigenvalue weighted by Crippen LogP contribution is 2.16. The van der Waals surface area contributed by atoms with Gasteiger partial charge in [0.15, 0.2) is 0 Å². The van der Waals surface area contributed by atoms with Crippen molar-refractivity contribution >= 4 is 5.78 Å². The molecule has 72 valence electrons. The summed E-state index contributed by atoms with van der Waals surface area (Å²) in [6, 6.07) is 0. The van der Waals surface area contributed by atoms with E-state index in [-0.39, 0.29) is 11.9 Å². The minimum atomic E-state index is 0.166. The Morgan fingerprint density at radius 2 is 2.38 bits per heavy atom. The quantitative estimate of drug-likeness (QED) is 0.618. The third-order valence-electron chi connectivity index (χ3n) is 2.28. The molecule has 2 nitrogen and oxygen atoms in total. The minimum Gasteiger partial charge on any atom is -0.378 e. The molecule has 1 atom stereocenters. The van der Waals surface area contributed by atoms with E-state index >= 15 is 0 Å². The van der Waals surface area contributed by atoms with Crippen LogP contribution in [0.3, 0.4) is 0 Å². The highest BCUT2D eigenvalue weighted by atomic mass is 16.5. The summed E-state index contributed by atoms with van der Waals surface area (Å²) in [7, 11) is 0. The summed E-state index contributed by atoms with van der Waals surface area (Å²) in [6.45, 7) is 0.813. The largest absolute Gasteiger partial charge is 0.378 e. The molecule has 1 rings (SSSR count). The molecular formula is C11H16O2. The molecule has 0 saturated carbocycles. The first-order chi connectivity index (χ1) is 6.33. The van der Waals surface area contributed by atoms with Gasteiger partial charge in [0.2, 0.25) is 0 Å². The zero-order valence-corrected chi connectivity index (χ0v) is 7.92. The number of ketones is 1. The van der Waals surface area contributed by atoms with Crippen molar-refractivity contribution in [3.05, 3.63) is 0 Å². The van der Waals surface area contributed by atoms with Crippen LogP contribution < -0.4 is 0 Å². The number of Topliss-reactive ketones (excluding diaryl/α,β-unsaturated/α-hetero) is 1. The smallest absolute Gasteiger partial charge is 0.136 e. The fourth-order valence-corrected chi connectivity index (χ4v) is 1.54. The third-order valence-corrected chi connectivity index (χ3v) is 2.28. The van der Waals surface area contributed by atoms with Crippen molar-refractivity contribution in [2.45, 2.75) is 44.6 Å². The molecule has 0 bridgehead atoms. The Labute approximate surface area is 79.7 Å². The van der Waals surface area contributed by atoms with Crippen LogP contribution in [0.5, 0.6) is 0 Å². The summed E-state index contributed by atoms with van der Waals surface area (Å²) in [4.78, 5) is 11.3. The monoisotopic (exact) mass is 180 g/mol. The molecule has 0 aromatic carbocycles. The van der Waals surface area contributed by atoms with Crippen LogP contribution in [0.25, 0.3) is 0 Å². The Morgan fingerprint density at radius 1 is 1.54 bits per heavy atom. The molecule has 1 heterocycles. The normalized spacial score (nSPS) is 22.2. The van der Waals surface area contributed by atoms with Crippen LogP contribution in [0, 0.1) is 12.3 Å². The molecule has 1 aliphatic rings. The number of hydrogen-bond acceptors (Lipinski definition) is 2. The topological polar surface area (TPSA) is 26.3 Å². The van der Waals surface area contributed by atoms with Crippen LogP contribution in [0.1, 0.15) is 38.5 Å². The molecule has 0 aromatic heterocycles. The minimum absolute atomic E-state index is 0.166. The predicted octanol–water partition coefficient (Wildman–Crippen LogP) is 1.93. The second-order valence-corrected chi connectivity index (χ2v) is 3.44. The van der Waals surface area contributed by atoms with Gasteiger partial charge in [0.25, 0.3) is 0 Å². The van der Waals surface area contributed by atoms with Gasteiger partial charge in [-0.15, -0.1) is 12.3 Å². The van der Waals surface area contributed by atoms with Gasteiger partial charge in [-0.25, -0.2) is 0 Å². The molecule has 0 spiro atoms. The first-order valence-electron chi connectivity index (χ1n) is 4.89. The molecule has 2 heteroatoms. The second kappa shape index (κ2) is 5.77. The van der Waals surface area contributed by atoms with E-state index in [1.807, 2.05) is 0 Å². The Bertz CT molecular complexity index is 197. The fourth-order valence-electron chi connectivity index (χ4n) is 1.54. The van der Waals surface area contributed by atoms with Crippen LogP contribution in [0.15, 0.2) is 0 Å². The van der Waals surface area contributed by atoms with Crippen molar-refractivity contribution in [1.29, 1.82) is 0 Å². The van der Waals surface area contributed by atoms with Crippen LogP contribution >= 0.6 is 0 Å². The van der Waals surface area contributed by atoms with E-state index in [0.717, 1.165) is 19.4 Å².